The Bertz CT molecular complexity index is 748. The molecule has 1 fully saturated rings. The van der Waals surface area contributed by atoms with Crippen LogP contribution in [0.4, 0.5) is 10.1 Å². The number of hydrogen-bond acceptors (Lipinski definition) is 3. The van der Waals surface area contributed by atoms with Gasteiger partial charge in [-0.3, -0.25) is 4.79 Å². The van der Waals surface area contributed by atoms with E-state index in [4.69, 9.17) is 0 Å². The number of nitrogens with zero attached hydrogens (tertiary/aromatic N) is 2. The topological polar surface area (TPSA) is 67.2 Å². The van der Waals surface area contributed by atoms with Crippen molar-refractivity contribution in [1.29, 1.82) is 0 Å². The molecule has 23 heavy (non-hydrogen) atoms. The average molecular weight is 317 g/mol. The smallest absolute Gasteiger partial charge is 0.256 e. The number of aromatic nitrogens is 2. The van der Waals surface area contributed by atoms with E-state index in [-0.39, 0.29) is 0 Å². The second-order valence-corrected chi connectivity index (χ2v) is 6.20. The van der Waals surface area contributed by atoms with Crippen molar-refractivity contribution in [2.24, 2.45) is 0 Å². The third kappa shape index (κ3) is 2.99. The maximum Gasteiger partial charge on any atom is 0.256 e. The van der Waals surface area contributed by atoms with Gasteiger partial charge in [0.2, 0.25) is 0 Å². The molecule has 6 heteroatoms. The minimum Gasteiger partial charge on any atom is -0.380 e. The molecule has 0 atom stereocenters. The number of hydrogen-bond donors (Lipinski definition) is 2. The summed E-state index contributed by atoms with van der Waals surface area (Å²) in [6.07, 6.45) is 2.56. The molecule has 2 aromatic rings. The van der Waals surface area contributed by atoms with Crippen molar-refractivity contribution in [2.45, 2.75) is 45.1 Å². The van der Waals surface area contributed by atoms with Gasteiger partial charge in [-0.15, -0.1) is 0 Å². The number of nitrogens with one attached hydrogen (secondary N) is 1. The summed E-state index contributed by atoms with van der Waals surface area (Å²) in [4.78, 5) is 12.2. The Morgan fingerprint density at radius 3 is 2.57 bits per heavy atom. The Morgan fingerprint density at radius 1 is 1.30 bits per heavy atom. The highest BCUT2D eigenvalue weighted by Crippen LogP contribution is 2.31. The summed E-state index contributed by atoms with van der Waals surface area (Å²) in [5.41, 5.74) is 0.970. The summed E-state index contributed by atoms with van der Waals surface area (Å²) < 4.78 is 15.9. The third-order valence-electron chi connectivity index (χ3n) is 4.30. The van der Waals surface area contributed by atoms with Crippen LogP contribution < -0.4 is 5.32 Å². The Morgan fingerprint density at radius 2 is 2.00 bits per heavy atom. The average Bonchev–Trinajstić information content (AvgIpc) is 3.06. The highest BCUT2D eigenvalue weighted by molar-refractivity contribution is 5.97. The molecule has 1 aliphatic carbocycles. The molecule has 3 rings (SSSR count). The van der Waals surface area contributed by atoms with E-state index in [1.165, 1.54) is 10.7 Å². The van der Waals surface area contributed by atoms with Crippen LogP contribution in [-0.2, 0) is 4.79 Å². The zero-order valence-corrected chi connectivity index (χ0v) is 13.3. The van der Waals surface area contributed by atoms with Crippen LogP contribution in [0.1, 0.15) is 37.1 Å². The van der Waals surface area contributed by atoms with Gasteiger partial charge < -0.3 is 10.4 Å². The standard InChI is InChI=1S/C17H20FN3O2/c1-11-9-12(2)21(20-11)15-6-5-13(10-14(15)18)19-16(22)17(23)7-3-4-8-17/h5-6,9-10,23H,3-4,7-8H2,1-2H3,(H,19,22). The molecule has 0 saturated heterocycles. The van der Waals surface area contributed by atoms with Crippen LogP contribution in [-0.4, -0.2) is 26.4 Å². The molecule has 5 nitrogen and oxygen atoms in total. The summed E-state index contributed by atoms with van der Waals surface area (Å²) >= 11 is 0. The van der Waals surface area contributed by atoms with Crippen molar-refractivity contribution in [3.8, 4) is 5.69 Å². The van der Waals surface area contributed by atoms with Gasteiger partial charge in [0.1, 0.15) is 11.3 Å². The fraction of sp³-hybridized carbons (Fsp3) is 0.412. The van der Waals surface area contributed by atoms with Crippen molar-refractivity contribution in [1.82, 2.24) is 9.78 Å². The van der Waals surface area contributed by atoms with E-state index in [2.05, 4.69) is 10.4 Å². The molecule has 0 bridgehead atoms. The van der Waals surface area contributed by atoms with Crippen LogP contribution in [0.15, 0.2) is 24.3 Å². The Labute approximate surface area is 134 Å². The number of carbonyl (C=O) groups excluding carboxylic acids is 1. The maximum atomic E-state index is 14.4. The van der Waals surface area contributed by atoms with Gasteiger partial charge >= 0.3 is 0 Å². The lowest BCUT2D eigenvalue weighted by Gasteiger charge is -2.21. The first-order valence-corrected chi connectivity index (χ1v) is 7.76. The Hall–Kier alpha value is -2.21. The van der Waals surface area contributed by atoms with Crippen molar-refractivity contribution in [3.63, 3.8) is 0 Å². The van der Waals surface area contributed by atoms with Gasteiger partial charge in [0.15, 0.2) is 5.82 Å². The predicted molar refractivity (Wildman–Crippen MR) is 85.0 cm³/mol. The monoisotopic (exact) mass is 317 g/mol. The molecule has 122 valence electrons. The van der Waals surface area contributed by atoms with Crippen LogP contribution in [0.3, 0.4) is 0 Å². The summed E-state index contributed by atoms with van der Waals surface area (Å²) in [6.45, 7) is 3.70. The highest BCUT2D eigenvalue weighted by atomic mass is 19.1. The fourth-order valence-corrected chi connectivity index (χ4v) is 3.06. The molecule has 0 spiro atoms. The van der Waals surface area contributed by atoms with E-state index >= 15 is 0 Å². The molecule has 1 amide bonds. The lowest BCUT2D eigenvalue weighted by molar-refractivity contribution is -0.133. The van der Waals surface area contributed by atoms with Gasteiger partial charge in [-0.05, 0) is 63.8 Å². The lowest BCUT2D eigenvalue weighted by Crippen LogP contribution is -2.40. The summed E-state index contributed by atoms with van der Waals surface area (Å²) in [5, 5.41) is 17.1. The molecular weight excluding hydrogens is 297 g/mol. The molecule has 1 aromatic heterocycles. The zero-order valence-electron chi connectivity index (χ0n) is 13.3. The maximum absolute atomic E-state index is 14.4. The molecule has 0 unspecified atom stereocenters. The van der Waals surface area contributed by atoms with Crippen molar-refractivity contribution in [2.75, 3.05) is 5.32 Å². The lowest BCUT2D eigenvalue weighted by atomic mass is 10.0. The molecule has 1 heterocycles. The van der Waals surface area contributed by atoms with Crippen LogP contribution in [0.5, 0.6) is 0 Å². The number of aryl methyl sites for hydroxylation is 2. The number of halogens is 1. The molecular formula is C17H20FN3O2. The van der Waals surface area contributed by atoms with Gasteiger partial charge in [0.05, 0.1) is 5.69 Å². The van der Waals surface area contributed by atoms with Crippen LogP contribution >= 0.6 is 0 Å². The fourth-order valence-electron chi connectivity index (χ4n) is 3.06. The van der Waals surface area contributed by atoms with E-state index in [9.17, 15) is 14.3 Å². The largest absolute Gasteiger partial charge is 0.380 e. The molecule has 1 aromatic carbocycles. The zero-order chi connectivity index (χ0) is 16.6. The Kier molecular flexibility index (Phi) is 3.93. The molecule has 1 saturated carbocycles. The van der Waals surface area contributed by atoms with E-state index < -0.39 is 17.3 Å². The molecule has 0 aliphatic heterocycles. The van der Waals surface area contributed by atoms with Crippen LogP contribution in [0, 0.1) is 19.7 Å². The second kappa shape index (κ2) is 5.77. The molecule has 0 radical (unpaired) electrons. The number of amides is 1. The SMILES string of the molecule is Cc1cc(C)n(-c2ccc(NC(=O)C3(O)CCCC3)cc2F)n1. The minimum absolute atomic E-state index is 0.327. The van der Waals surface area contributed by atoms with Gasteiger partial charge in [-0.25, -0.2) is 9.07 Å². The number of benzene rings is 1. The normalized spacial score (nSPS) is 16.5. The number of rotatable bonds is 3. The van der Waals surface area contributed by atoms with Gasteiger partial charge in [-0.2, -0.15) is 5.10 Å². The first-order valence-electron chi connectivity index (χ1n) is 7.76. The van der Waals surface area contributed by atoms with Crippen LogP contribution in [0.25, 0.3) is 5.69 Å². The summed E-state index contributed by atoms with van der Waals surface area (Å²) in [5.74, 6) is -0.944. The van der Waals surface area contributed by atoms with Crippen LogP contribution in [0.2, 0.25) is 0 Å². The van der Waals surface area contributed by atoms with E-state index in [1.54, 1.807) is 12.1 Å². The van der Waals surface area contributed by atoms with Gasteiger partial charge in [0.25, 0.3) is 5.91 Å². The molecule has 1 aliphatic rings. The highest BCUT2D eigenvalue weighted by Gasteiger charge is 2.38. The van der Waals surface area contributed by atoms with Gasteiger partial charge in [-0.1, -0.05) is 0 Å². The van der Waals surface area contributed by atoms with Gasteiger partial charge in [0, 0.05) is 11.4 Å². The minimum atomic E-state index is -1.33. The van der Waals surface area contributed by atoms with Crippen molar-refractivity contribution >= 4 is 11.6 Å². The summed E-state index contributed by atoms with van der Waals surface area (Å²) in [7, 11) is 0. The third-order valence-corrected chi connectivity index (χ3v) is 4.30. The summed E-state index contributed by atoms with van der Waals surface area (Å²) in [6, 6.07) is 6.31. The Balaban J connectivity index is 1.82. The second-order valence-electron chi connectivity index (χ2n) is 6.20. The number of carbonyl (C=O) groups is 1. The first kappa shape index (κ1) is 15.7. The number of anilines is 1. The quantitative estimate of drug-likeness (QED) is 0.915. The first-order chi connectivity index (χ1) is 10.9. The molecule has 2 N–H and O–H groups in total. The number of aliphatic hydroxyl groups is 1. The van der Waals surface area contributed by atoms with E-state index in [0.29, 0.717) is 24.2 Å². The van der Waals surface area contributed by atoms with Crippen molar-refractivity contribution < 1.29 is 14.3 Å². The predicted octanol–water partition coefficient (Wildman–Crippen LogP) is 2.87. The van der Waals surface area contributed by atoms with E-state index in [0.717, 1.165) is 24.2 Å². The van der Waals surface area contributed by atoms with Crippen molar-refractivity contribution in [3.05, 3.63) is 41.5 Å². The van der Waals surface area contributed by atoms with E-state index in [1.807, 2.05) is 19.9 Å².